The van der Waals surface area contributed by atoms with Gasteiger partial charge in [0.25, 0.3) is 0 Å². The fourth-order valence-electron chi connectivity index (χ4n) is 4.01. The van der Waals surface area contributed by atoms with E-state index in [9.17, 15) is 19.5 Å². The average Bonchev–Trinajstić information content (AvgIpc) is 3.04. The molecule has 31 heavy (non-hydrogen) atoms. The van der Waals surface area contributed by atoms with Crippen molar-refractivity contribution in [1.82, 2.24) is 0 Å². The third-order valence-electron chi connectivity index (χ3n) is 5.66. The van der Waals surface area contributed by atoms with Gasteiger partial charge in [-0.3, -0.25) is 14.4 Å². The Morgan fingerprint density at radius 2 is 1.71 bits per heavy atom. The van der Waals surface area contributed by atoms with Gasteiger partial charge in [-0.25, -0.2) is 0 Å². The fraction of sp³-hybridized carbons (Fsp3) is 0.800. The van der Waals surface area contributed by atoms with Gasteiger partial charge in [-0.1, -0.05) is 31.4 Å². The molecule has 1 aliphatic carbocycles. The number of methoxy groups -OCH3 is 1. The van der Waals surface area contributed by atoms with Crippen LogP contribution in [0.2, 0.25) is 0 Å². The molecule has 3 atom stereocenters. The van der Waals surface area contributed by atoms with Gasteiger partial charge in [-0.05, 0) is 65.2 Å². The molecule has 1 rings (SSSR count). The topological polar surface area (TPSA) is 89.9 Å². The molecule has 0 aliphatic heterocycles. The number of esters is 2. The molecule has 0 spiro atoms. The zero-order chi connectivity index (χ0) is 23.3. The number of hydrogen-bond donors (Lipinski definition) is 1. The highest BCUT2D eigenvalue weighted by atomic mass is 16.6. The first-order valence-corrected chi connectivity index (χ1v) is 11.8. The monoisotopic (exact) mass is 438 g/mol. The molecule has 3 unspecified atom stereocenters. The van der Waals surface area contributed by atoms with Crippen LogP contribution in [0.4, 0.5) is 0 Å². The first-order valence-electron chi connectivity index (χ1n) is 11.8. The Bertz CT molecular complexity index is 589. The van der Waals surface area contributed by atoms with Gasteiger partial charge >= 0.3 is 11.9 Å². The number of ether oxygens (including phenoxy) is 2. The number of rotatable bonds is 14. The number of allylic oxidation sites excluding steroid dienone is 1. The Morgan fingerprint density at radius 1 is 1.06 bits per heavy atom. The highest BCUT2D eigenvalue weighted by Gasteiger charge is 2.32. The lowest BCUT2D eigenvalue weighted by Crippen LogP contribution is -2.23. The van der Waals surface area contributed by atoms with Crippen molar-refractivity contribution in [3.63, 3.8) is 0 Å². The van der Waals surface area contributed by atoms with Gasteiger partial charge < -0.3 is 14.6 Å². The second-order valence-corrected chi connectivity index (χ2v) is 9.59. The largest absolute Gasteiger partial charge is 0.469 e. The first kappa shape index (κ1) is 27.3. The normalized spacial score (nSPS) is 20.2. The van der Waals surface area contributed by atoms with E-state index in [0.29, 0.717) is 37.9 Å². The highest BCUT2D eigenvalue weighted by Crippen LogP contribution is 2.34. The molecule has 1 saturated carbocycles. The predicted octanol–water partition coefficient (Wildman–Crippen LogP) is 4.91. The van der Waals surface area contributed by atoms with E-state index in [2.05, 4.69) is 4.74 Å². The van der Waals surface area contributed by atoms with E-state index in [0.717, 1.165) is 44.9 Å². The standard InChI is InChI=1S/C25H42O6/c1-25(2,3)31-24(29)14-10-9-11-20(26)17-15-19-16-18-22(27)21(19)12-7-5-6-8-13-23(28)30-4/h15,17,19-21,26H,5-14,16,18H2,1-4H3. The maximum absolute atomic E-state index is 12.2. The number of unbranched alkanes of at least 4 members (excludes halogenated alkanes) is 4. The molecule has 0 radical (unpaired) electrons. The van der Waals surface area contributed by atoms with E-state index >= 15 is 0 Å². The fourth-order valence-corrected chi connectivity index (χ4v) is 4.01. The number of Topliss-reactive ketones (excluding diaryl/α,β-unsaturated/α-hetero) is 1. The van der Waals surface area contributed by atoms with Crippen molar-refractivity contribution in [1.29, 1.82) is 0 Å². The van der Waals surface area contributed by atoms with E-state index in [1.807, 2.05) is 32.9 Å². The molecule has 0 amide bonds. The van der Waals surface area contributed by atoms with Crippen LogP contribution in [-0.4, -0.2) is 41.6 Å². The van der Waals surface area contributed by atoms with Crippen molar-refractivity contribution >= 4 is 17.7 Å². The molecule has 0 bridgehead atoms. The van der Waals surface area contributed by atoms with Crippen molar-refractivity contribution in [2.75, 3.05) is 7.11 Å². The molecule has 0 aromatic carbocycles. The molecule has 6 nitrogen and oxygen atoms in total. The number of ketones is 1. The first-order chi connectivity index (χ1) is 14.6. The molecule has 1 fully saturated rings. The minimum Gasteiger partial charge on any atom is -0.469 e. The van der Waals surface area contributed by atoms with E-state index in [-0.39, 0.29) is 23.8 Å². The molecule has 0 heterocycles. The zero-order valence-corrected chi connectivity index (χ0v) is 19.9. The summed E-state index contributed by atoms with van der Waals surface area (Å²) in [6.07, 6.45) is 12.3. The summed E-state index contributed by atoms with van der Waals surface area (Å²) in [6, 6.07) is 0. The summed E-state index contributed by atoms with van der Waals surface area (Å²) in [7, 11) is 1.41. The summed E-state index contributed by atoms with van der Waals surface area (Å²) in [6.45, 7) is 5.56. The summed E-state index contributed by atoms with van der Waals surface area (Å²) in [5.74, 6) is 0.223. The van der Waals surface area contributed by atoms with Gasteiger partial charge in [0.1, 0.15) is 11.4 Å². The molecular formula is C25H42O6. The zero-order valence-electron chi connectivity index (χ0n) is 19.9. The maximum atomic E-state index is 12.2. The van der Waals surface area contributed by atoms with E-state index in [4.69, 9.17) is 4.74 Å². The number of carbonyl (C=O) groups is 3. The van der Waals surface area contributed by atoms with Crippen molar-refractivity contribution in [2.24, 2.45) is 11.8 Å². The quantitative estimate of drug-likeness (QED) is 0.235. The van der Waals surface area contributed by atoms with Crippen molar-refractivity contribution in [2.45, 2.75) is 110 Å². The van der Waals surface area contributed by atoms with Crippen LogP contribution in [0.3, 0.4) is 0 Å². The number of hydrogen-bond acceptors (Lipinski definition) is 6. The lowest BCUT2D eigenvalue weighted by Gasteiger charge is -2.19. The van der Waals surface area contributed by atoms with Crippen LogP contribution in [0.25, 0.3) is 0 Å². The smallest absolute Gasteiger partial charge is 0.306 e. The minimum atomic E-state index is -0.548. The minimum absolute atomic E-state index is 0.0521. The lowest BCUT2D eigenvalue weighted by molar-refractivity contribution is -0.155. The number of aliphatic hydroxyl groups is 1. The van der Waals surface area contributed by atoms with Crippen LogP contribution in [0.15, 0.2) is 12.2 Å². The van der Waals surface area contributed by atoms with E-state index < -0.39 is 11.7 Å². The highest BCUT2D eigenvalue weighted by molar-refractivity contribution is 5.83. The molecule has 6 heteroatoms. The maximum Gasteiger partial charge on any atom is 0.306 e. The molecular weight excluding hydrogens is 396 g/mol. The van der Waals surface area contributed by atoms with Crippen LogP contribution in [0, 0.1) is 11.8 Å². The van der Waals surface area contributed by atoms with Crippen molar-refractivity contribution in [3.05, 3.63) is 12.2 Å². The number of aliphatic hydroxyl groups excluding tert-OH is 1. The summed E-state index contributed by atoms with van der Waals surface area (Å²) < 4.78 is 9.92. The van der Waals surface area contributed by atoms with Crippen LogP contribution in [-0.2, 0) is 23.9 Å². The molecule has 178 valence electrons. The Kier molecular flexibility index (Phi) is 12.7. The molecule has 0 aromatic heterocycles. The van der Waals surface area contributed by atoms with Gasteiger partial charge in [0.2, 0.25) is 0 Å². The molecule has 0 aromatic rings. The van der Waals surface area contributed by atoms with Crippen molar-refractivity contribution in [3.8, 4) is 0 Å². The van der Waals surface area contributed by atoms with Gasteiger partial charge in [0, 0.05) is 25.2 Å². The van der Waals surface area contributed by atoms with Gasteiger partial charge in [0.15, 0.2) is 0 Å². The van der Waals surface area contributed by atoms with Crippen LogP contribution >= 0.6 is 0 Å². The Hall–Kier alpha value is -1.69. The Labute approximate surface area is 187 Å². The van der Waals surface area contributed by atoms with E-state index in [1.165, 1.54) is 7.11 Å². The second-order valence-electron chi connectivity index (χ2n) is 9.59. The molecule has 1 N–H and O–H groups in total. The van der Waals surface area contributed by atoms with Crippen molar-refractivity contribution < 1.29 is 29.0 Å². The summed E-state index contributed by atoms with van der Waals surface area (Å²) >= 11 is 0. The Balaban J connectivity index is 2.25. The SMILES string of the molecule is COC(=O)CCCCCCC1C(=O)CCC1C=CC(O)CCCCC(=O)OC(C)(C)C. The van der Waals surface area contributed by atoms with Crippen LogP contribution in [0.1, 0.15) is 97.8 Å². The number of carbonyl (C=O) groups excluding carboxylic acids is 3. The van der Waals surface area contributed by atoms with Crippen LogP contribution in [0.5, 0.6) is 0 Å². The predicted molar refractivity (Wildman–Crippen MR) is 120 cm³/mol. The Morgan fingerprint density at radius 3 is 2.39 bits per heavy atom. The van der Waals surface area contributed by atoms with Gasteiger partial charge in [-0.2, -0.15) is 0 Å². The molecule has 1 aliphatic rings. The van der Waals surface area contributed by atoms with Gasteiger partial charge in [-0.15, -0.1) is 0 Å². The third kappa shape index (κ3) is 12.7. The van der Waals surface area contributed by atoms with Crippen LogP contribution < -0.4 is 0 Å². The van der Waals surface area contributed by atoms with E-state index in [1.54, 1.807) is 0 Å². The summed E-state index contributed by atoms with van der Waals surface area (Å²) in [4.78, 5) is 35.1. The third-order valence-corrected chi connectivity index (χ3v) is 5.66. The second kappa shape index (κ2) is 14.4. The average molecular weight is 439 g/mol. The molecule has 0 saturated heterocycles. The van der Waals surface area contributed by atoms with Gasteiger partial charge in [0.05, 0.1) is 13.2 Å². The summed E-state index contributed by atoms with van der Waals surface area (Å²) in [5.41, 5.74) is -0.461. The lowest BCUT2D eigenvalue weighted by atomic mass is 9.89. The summed E-state index contributed by atoms with van der Waals surface area (Å²) in [5, 5.41) is 10.2.